The number of benzene rings is 2. The second kappa shape index (κ2) is 6.88. The van der Waals surface area contributed by atoms with E-state index in [2.05, 4.69) is 16.9 Å². The number of nitrogens with zero attached hydrogens (tertiary/aromatic N) is 3. The third-order valence-electron chi connectivity index (χ3n) is 4.42. The first kappa shape index (κ1) is 16.1. The third-order valence-corrected chi connectivity index (χ3v) is 4.42. The molecule has 0 bridgehead atoms. The van der Waals surface area contributed by atoms with Crippen LogP contribution in [0.4, 0.5) is 0 Å². The molecule has 2 heterocycles. The Labute approximate surface area is 152 Å². The van der Waals surface area contributed by atoms with Crippen LogP contribution in [0, 0.1) is 0 Å². The van der Waals surface area contributed by atoms with Gasteiger partial charge in [0.1, 0.15) is 11.5 Å². The zero-order chi connectivity index (χ0) is 17.9. The minimum Gasteiger partial charge on any atom is -0.386 e. The number of piperazine rings is 1. The molecule has 3 aromatic rings. The van der Waals surface area contributed by atoms with E-state index in [-0.39, 0.29) is 5.91 Å². The summed E-state index contributed by atoms with van der Waals surface area (Å²) in [6.07, 6.45) is 1.82. The van der Waals surface area contributed by atoms with Crippen LogP contribution in [0.5, 0.6) is 0 Å². The number of carbonyl (C=O) groups excluding carboxylic acids is 1. The number of aromatic nitrogens is 2. The van der Waals surface area contributed by atoms with Gasteiger partial charge < -0.3 is 10.2 Å². The molecule has 1 saturated heterocycles. The Morgan fingerprint density at radius 1 is 1.04 bits per heavy atom. The van der Waals surface area contributed by atoms with Crippen molar-refractivity contribution in [1.29, 1.82) is 0 Å². The lowest BCUT2D eigenvalue weighted by molar-refractivity contribution is 0.0749. The molecule has 5 heteroatoms. The van der Waals surface area contributed by atoms with Crippen LogP contribution in [-0.4, -0.2) is 40.0 Å². The lowest BCUT2D eigenvalue weighted by atomic mass is 10.2. The van der Waals surface area contributed by atoms with Crippen LogP contribution < -0.4 is 5.32 Å². The normalized spacial score (nSPS) is 14.2. The van der Waals surface area contributed by atoms with Crippen molar-refractivity contribution in [2.75, 3.05) is 19.6 Å². The van der Waals surface area contributed by atoms with Crippen LogP contribution in [0.1, 0.15) is 10.5 Å². The predicted molar refractivity (Wildman–Crippen MR) is 102 cm³/mol. The van der Waals surface area contributed by atoms with Gasteiger partial charge in [-0.15, -0.1) is 0 Å². The summed E-state index contributed by atoms with van der Waals surface area (Å²) in [4.78, 5) is 19.4. The van der Waals surface area contributed by atoms with Gasteiger partial charge in [-0.2, -0.15) is 0 Å². The van der Waals surface area contributed by atoms with Gasteiger partial charge in [0.25, 0.3) is 5.91 Å². The Morgan fingerprint density at radius 2 is 1.73 bits per heavy atom. The molecule has 1 aliphatic heterocycles. The van der Waals surface area contributed by atoms with Gasteiger partial charge in [0, 0.05) is 36.2 Å². The number of imidazole rings is 1. The van der Waals surface area contributed by atoms with E-state index in [1.54, 1.807) is 4.90 Å². The topological polar surface area (TPSA) is 50.2 Å². The fraction of sp³-hybridized carbons (Fsp3) is 0.143. The van der Waals surface area contributed by atoms with Crippen molar-refractivity contribution < 1.29 is 4.79 Å². The second-order valence-electron chi connectivity index (χ2n) is 6.28. The molecule has 0 radical (unpaired) electrons. The number of rotatable bonds is 3. The predicted octanol–water partition coefficient (Wildman–Crippen LogP) is 3.10. The average Bonchev–Trinajstić information content (AvgIpc) is 3.14. The molecule has 1 amide bonds. The van der Waals surface area contributed by atoms with Gasteiger partial charge in [0.2, 0.25) is 0 Å². The lowest BCUT2D eigenvalue weighted by Crippen LogP contribution is -2.44. The Morgan fingerprint density at radius 3 is 2.42 bits per heavy atom. The van der Waals surface area contributed by atoms with Crippen molar-refractivity contribution in [1.82, 2.24) is 19.8 Å². The second-order valence-corrected chi connectivity index (χ2v) is 6.28. The summed E-state index contributed by atoms with van der Waals surface area (Å²) >= 11 is 0. The highest BCUT2D eigenvalue weighted by atomic mass is 16.2. The highest BCUT2D eigenvalue weighted by Gasteiger charge is 2.23. The van der Waals surface area contributed by atoms with Crippen molar-refractivity contribution in [3.05, 3.63) is 84.8 Å². The van der Waals surface area contributed by atoms with E-state index in [0.29, 0.717) is 18.8 Å². The number of hydrogen-bond acceptors (Lipinski definition) is 3. The van der Waals surface area contributed by atoms with Crippen molar-refractivity contribution in [3.63, 3.8) is 0 Å². The molecule has 0 atom stereocenters. The van der Waals surface area contributed by atoms with E-state index < -0.39 is 0 Å². The molecule has 1 aliphatic rings. The molecule has 1 N–H and O–H groups in total. The van der Waals surface area contributed by atoms with Gasteiger partial charge in [0.05, 0.1) is 6.54 Å². The summed E-state index contributed by atoms with van der Waals surface area (Å²) in [5, 5.41) is 3.17. The molecule has 1 aromatic heterocycles. The number of amides is 1. The molecule has 0 spiro atoms. The molecule has 0 aliphatic carbocycles. The maximum Gasteiger partial charge on any atom is 0.274 e. The smallest absolute Gasteiger partial charge is 0.274 e. The van der Waals surface area contributed by atoms with E-state index >= 15 is 0 Å². The molecule has 0 unspecified atom stereocenters. The molecule has 4 rings (SSSR count). The van der Waals surface area contributed by atoms with Gasteiger partial charge in [-0.05, 0) is 12.1 Å². The highest BCUT2D eigenvalue weighted by Crippen LogP contribution is 2.23. The van der Waals surface area contributed by atoms with Crippen molar-refractivity contribution in [3.8, 4) is 17.1 Å². The Bertz CT molecular complexity index is 874. The minimum atomic E-state index is -0.0699. The summed E-state index contributed by atoms with van der Waals surface area (Å²) in [6, 6.07) is 19.9. The standard InChI is InChI=1S/C21H20N4O/c1-16-14-24(13-12-22-16)21(26)19-15-25(18-10-6-3-7-11-18)20(23-19)17-8-4-2-5-9-17/h2-11,15,22H,1,12-14H2. The van der Waals surface area contributed by atoms with Crippen molar-refractivity contribution in [2.24, 2.45) is 0 Å². The lowest BCUT2D eigenvalue weighted by Gasteiger charge is -2.28. The van der Waals surface area contributed by atoms with Crippen LogP contribution in [0.25, 0.3) is 17.1 Å². The maximum absolute atomic E-state index is 13.0. The SMILES string of the molecule is C=C1CN(C(=O)c2cn(-c3ccccc3)c(-c3ccccc3)n2)CCN1. The fourth-order valence-corrected chi connectivity index (χ4v) is 3.13. The van der Waals surface area contributed by atoms with E-state index in [1.165, 1.54) is 0 Å². The monoisotopic (exact) mass is 344 g/mol. The first-order valence-corrected chi connectivity index (χ1v) is 8.63. The zero-order valence-electron chi connectivity index (χ0n) is 14.4. The molecule has 2 aromatic carbocycles. The van der Waals surface area contributed by atoms with E-state index in [1.807, 2.05) is 71.4 Å². The van der Waals surface area contributed by atoms with E-state index in [0.717, 1.165) is 29.3 Å². The van der Waals surface area contributed by atoms with E-state index in [4.69, 9.17) is 0 Å². The van der Waals surface area contributed by atoms with Crippen LogP contribution in [0.2, 0.25) is 0 Å². The molecule has 0 saturated carbocycles. The largest absolute Gasteiger partial charge is 0.386 e. The van der Waals surface area contributed by atoms with Gasteiger partial charge >= 0.3 is 0 Å². The Hall–Kier alpha value is -3.34. The molecule has 26 heavy (non-hydrogen) atoms. The van der Waals surface area contributed by atoms with Crippen LogP contribution in [-0.2, 0) is 0 Å². The fourth-order valence-electron chi connectivity index (χ4n) is 3.13. The molecule has 1 fully saturated rings. The summed E-state index contributed by atoms with van der Waals surface area (Å²) in [7, 11) is 0. The van der Waals surface area contributed by atoms with Crippen LogP contribution >= 0.6 is 0 Å². The first-order chi connectivity index (χ1) is 12.7. The summed E-state index contributed by atoms with van der Waals surface area (Å²) < 4.78 is 1.97. The van der Waals surface area contributed by atoms with E-state index in [9.17, 15) is 4.79 Å². The number of hydrogen-bond donors (Lipinski definition) is 1. The highest BCUT2D eigenvalue weighted by molar-refractivity contribution is 5.93. The van der Waals surface area contributed by atoms with Gasteiger partial charge in [0.15, 0.2) is 0 Å². The van der Waals surface area contributed by atoms with Crippen molar-refractivity contribution in [2.45, 2.75) is 0 Å². The zero-order valence-corrected chi connectivity index (χ0v) is 14.4. The Balaban J connectivity index is 1.76. The summed E-state index contributed by atoms with van der Waals surface area (Å²) in [6.45, 7) is 5.81. The third kappa shape index (κ3) is 3.11. The van der Waals surface area contributed by atoms with Gasteiger partial charge in [-0.1, -0.05) is 55.1 Å². The number of nitrogens with one attached hydrogen (secondary N) is 1. The summed E-state index contributed by atoms with van der Waals surface area (Å²) in [5.74, 6) is 0.689. The number of carbonyl (C=O) groups is 1. The molecule has 5 nitrogen and oxygen atoms in total. The van der Waals surface area contributed by atoms with Gasteiger partial charge in [-0.3, -0.25) is 9.36 Å². The Kier molecular flexibility index (Phi) is 4.27. The van der Waals surface area contributed by atoms with Crippen LogP contribution in [0.3, 0.4) is 0 Å². The van der Waals surface area contributed by atoms with Crippen molar-refractivity contribution >= 4 is 5.91 Å². The molecule has 130 valence electrons. The molecular weight excluding hydrogens is 324 g/mol. The first-order valence-electron chi connectivity index (χ1n) is 8.63. The quantitative estimate of drug-likeness (QED) is 0.794. The summed E-state index contributed by atoms with van der Waals surface area (Å²) in [5.41, 5.74) is 3.25. The van der Waals surface area contributed by atoms with Gasteiger partial charge in [-0.25, -0.2) is 4.98 Å². The maximum atomic E-state index is 13.0. The number of para-hydroxylation sites is 1. The molecular formula is C21H20N4O. The average molecular weight is 344 g/mol. The van der Waals surface area contributed by atoms with Crippen LogP contribution in [0.15, 0.2) is 79.1 Å². The minimum absolute atomic E-state index is 0.0699.